The third-order valence-electron chi connectivity index (χ3n) is 4.51. The minimum Gasteiger partial charge on any atom is -0.398 e. The molecule has 1 aliphatic carbocycles. The van der Waals surface area contributed by atoms with Crippen LogP contribution in [0.5, 0.6) is 0 Å². The molecule has 1 saturated heterocycles. The molecule has 19 heavy (non-hydrogen) atoms. The maximum atomic E-state index is 14.9. The number of hydrogen-bond acceptors (Lipinski definition) is 2. The van der Waals surface area contributed by atoms with Crippen molar-refractivity contribution in [3.63, 3.8) is 0 Å². The highest BCUT2D eigenvalue weighted by Gasteiger charge is 2.54. The van der Waals surface area contributed by atoms with Crippen LogP contribution < -0.4 is 0 Å². The SMILES string of the molecule is CC(C)(C)C(=C(F)B1OC(C)(C)C(C)(C)O1)C1CC1. The van der Waals surface area contributed by atoms with E-state index in [0.29, 0.717) is 5.92 Å². The normalized spacial score (nSPS) is 27.5. The van der Waals surface area contributed by atoms with Gasteiger partial charge in [0.05, 0.1) is 11.2 Å². The minimum absolute atomic E-state index is 0.172. The van der Waals surface area contributed by atoms with Crippen LogP contribution in [0.2, 0.25) is 0 Å². The molecule has 2 nitrogen and oxygen atoms in total. The Labute approximate surface area is 116 Å². The van der Waals surface area contributed by atoms with E-state index in [2.05, 4.69) is 20.8 Å². The van der Waals surface area contributed by atoms with Crippen LogP contribution in [0.3, 0.4) is 0 Å². The van der Waals surface area contributed by atoms with Gasteiger partial charge in [-0.05, 0) is 57.4 Å². The summed E-state index contributed by atoms with van der Waals surface area (Å²) in [4.78, 5) is 0. The Morgan fingerprint density at radius 3 is 1.79 bits per heavy atom. The first kappa shape index (κ1) is 15.1. The van der Waals surface area contributed by atoms with Gasteiger partial charge in [-0.25, -0.2) is 4.39 Å². The zero-order valence-corrected chi connectivity index (χ0v) is 13.3. The first-order valence-corrected chi connectivity index (χ1v) is 7.21. The fourth-order valence-electron chi connectivity index (χ4n) is 2.61. The van der Waals surface area contributed by atoms with E-state index >= 15 is 0 Å². The van der Waals surface area contributed by atoms with Gasteiger partial charge in [-0.1, -0.05) is 20.8 Å². The second-order valence-electron chi connectivity index (χ2n) is 7.87. The standard InChI is InChI=1S/C15H26BFO2/c1-13(2,3)11(10-8-9-10)12(17)16-18-14(4,5)15(6,7)19-16/h10H,8-9H2,1-7H3. The summed E-state index contributed by atoms with van der Waals surface area (Å²) in [5.74, 6) is 0.374. The maximum absolute atomic E-state index is 14.9. The van der Waals surface area contributed by atoms with Gasteiger partial charge in [0, 0.05) is 0 Å². The van der Waals surface area contributed by atoms with E-state index in [0.717, 1.165) is 18.4 Å². The van der Waals surface area contributed by atoms with Gasteiger partial charge in [-0.3, -0.25) is 0 Å². The highest BCUT2D eigenvalue weighted by molar-refractivity contribution is 6.53. The van der Waals surface area contributed by atoms with Crippen LogP contribution in [-0.2, 0) is 9.31 Å². The Morgan fingerprint density at radius 1 is 1.05 bits per heavy atom. The molecule has 2 fully saturated rings. The van der Waals surface area contributed by atoms with E-state index in [9.17, 15) is 4.39 Å². The largest absolute Gasteiger partial charge is 0.525 e. The number of halogens is 1. The van der Waals surface area contributed by atoms with Gasteiger partial charge >= 0.3 is 7.12 Å². The van der Waals surface area contributed by atoms with Gasteiger partial charge in [0.25, 0.3) is 0 Å². The highest BCUT2D eigenvalue weighted by atomic mass is 19.1. The quantitative estimate of drug-likeness (QED) is 0.695. The third kappa shape index (κ3) is 2.75. The van der Waals surface area contributed by atoms with E-state index in [-0.39, 0.29) is 11.1 Å². The fraction of sp³-hybridized carbons (Fsp3) is 0.867. The predicted octanol–water partition coefficient (Wildman–Crippen LogP) is 4.30. The summed E-state index contributed by atoms with van der Waals surface area (Å²) in [6, 6.07) is 0. The van der Waals surface area contributed by atoms with Crippen LogP contribution in [0.15, 0.2) is 11.3 Å². The Kier molecular flexibility index (Phi) is 3.43. The van der Waals surface area contributed by atoms with Crippen molar-refractivity contribution in [1.29, 1.82) is 0 Å². The lowest BCUT2D eigenvalue weighted by molar-refractivity contribution is 0.00578. The Morgan fingerprint density at radius 2 is 1.47 bits per heavy atom. The van der Waals surface area contributed by atoms with Crippen molar-refractivity contribution in [2.24, 2.45) is 11.3 Å². The number of rotatable bonds is 2. The molecule has 108 valence electrons. The smallest absolute Gasteiger partial charge is 0.398 e. The molecule has 1 aliphatic heterocycles. The lowest BCUT2D eigenvalue weighted by atomic mass is 9.74. The van der Waals surface area contributed by atoms with Crippen LogP contribution in [0.1, 0.15) is 61.3 Å². The highest BCUT2D eigenvalue weighted by Crippen LogP contribution is 2.49. The Bertz CT molecular complexity index is 387. The van der Waals surface area contributed by atoms with Crippen LogP contribution >= 0.6 is 0 Å². The van der Waals surface area contributed by atoms with Crippen molar-refractivity contribution in [3.05, 3.63) is 11.3 Å². The summed E-state index contributed by atoms with van der Waals surface area (Å²) < 4.78 is 26.5. The third-order valence-corrected chi connectivity index (χ3v) is 4.51. The van der Waals surface area contributed by atoms with Crippen molar-refractivity contribution in [1.82, 2.24) is 0 Å². The number of hydrogen-bond donors (Lipinski definition) is 0. The molecule has 2 rings (SSSR count). The Hall–Kier alpha value is -0.345. The maximum Gasteiger partial charge on any atom is 0.525 e. The molecule has 1 saturated carbocycles. The summed E-state index contributed by atoms with van der Waals surface area (Å²) in [6.07, 6.45) is 2.17. The van der Waals surface area contributed by atoms with Gasteiger partial charge in [-0.2, -0.15) is 0 Å². The molecule has 2 aliphatic rings. The zero-order chi connectivity index (χ0) is 14.6. The van der Waals surface area contributed by atoms with Crippen molar-refractivity contribution in [2.75, 3.05) is 0 Å². The molecular weight excluding hydrogens is 242 g/mol. The predicted molar refractivity (Wildman–Crippen MR) is 76.4 cm³/mol. The molecule has 0 N–H and O–H groups in total. The molecule has 0 aromatic heterocycles. The summed E-state index contributed by atoms with van der Waals surface area (Å²) >= 11 is 0. The fourth-order valence-corrected chi connectivity index (χ4v) is 2.61. The van der Waals surface area contributed by atoms with Gasteiger partial charge in [0.1, 0.15) is 5.73 Å². The van der Waals surface area contributed by atoms with Crippen LogP contribution in [0.25, 0.3) is 0 Å². The second-order valence-corrected chi connectivity index (χ2v) is 7.87. The average Bonchev–Trinajstić information content (AvgIpc) is 2.93. The van der Waals surface area contributed by atoms with Gasteiger partial charge in [0.15, 0.2) is 0 Å². The summed E-state index contributed by atoms with van der Waals surface area (Å²) in [7, 11) is -0.847. The van der Waals surface area contributed by atoms with E-state index in [1.165, 1.54) is 0 Å². The summed E-state index contributed by atoms with van der Waals surface area (Å²) in [5, 5.41) is 0. The van der Waals surface area contributed by atoms with E-state index in [4.69, 9.17) is 9.31 Å². The van der Waals surface area contributed by atoms with Gasteiger partial charge in [-0.15, -0.1) is 0 Å². The number of allylic oxidation sites excluding steroid dienone is 1. The monoisotopic (exact) mass is 268 g/mol. The van der Waals surface area contributed by atoms with Crippen molar-refractivity contribution < 1.29 is 13.7 Å². The molecule has 0 atom stereocenters. The molecular formula is C15H26BFO2. The minimum atomic E-state index is -0.847. The van der Waals surface area contributed by atoms with E-state index in [1.807, 2.05) is 27.7 Å². The Balaban J connectivity index is 2.31. The molecule has 0 bridgehead atoms. The second kappa shape index (κ2) is 4.32. The van der Waals surface area contributed by atoms with Crippen LogP contribution in [-0.4, -0.2) is 18.3 Å². The summed E-state index contributed by atoms with van der Waals surface area (Å²) in [6.45, 7) is 14.0. The van der Waals surface area contributed by atoms with Gasteiger partial charge < -0.3 is 9.31 Å². The molecule has 0 radical (unpaired) electrons. The zero-order valence-electron chi connectivity index (χ0n) is 13.3. The lowest BCUT2D eigenvalue weighted by Gasteiger charge is -2.32. The van der Waals surface area contributed by atoms with Crippen LogP contribution in [0.4, 0.5) is 4.39 Å². The molecule has 0 spiro atoms. The van der Waals surface area contributed by atoms with Crippen molar-refractivity contribution in [2.45, 2.75) is 72.5 Å². The topological polar surface area (TPSA) is 18.5 Å². The molecule has 0 unspecified atom stereocenters. The lowest BCUT2D eigenvalue weighted by Crippen LogP contribution is -2.41. The average molecular weight is 268 g/mol. The first-order valence-electron chi connectivity index (χ1n) is 7.21. The van der Waals surface area contributed by atoms with Crippen LogP contribution in [0, 0.1) is 11.3 Å². The molecule has 0 aromatic carbocycles. The van der Waals surface area contributed by atoms with E-state index < -0.39 is 18.3 Å². The molecule has 1 heterocycles. The van der Waals surface area contributed by atoms with Crippen molar-refractivity contribution >= 4 is 7.12 Å². The molecule has 4 heteroatoms. The van der Waals surface area contributed by atoms with E-state index in [1.54, 1.807) is 0 Å². The molecule has 0 aromatic rings. The molecule has 0 amide bonds. The van der Waals surface area contributed by atoms with Crippen molar-refractivity contribution in [3.8, 4) is 0 Å². The first-order chi connectivity index (χ1) is 8.46. The van der Waals surface area contributed by atoms with Gasteiger partial charge in [0.2, 0.25) is 0 Å². The summed E-state index contributed by atoms with van der Waals surface area (Å²) in [5.41, 5.74) is -0.461.